The van der Waals surface area contributed by atoms with E-state index in [0.29, 0.717) is 11.6 Å². The molecule has 0 unspecified atom stereocenters. The molecule has 3 fully saturated rings. The number of likely N-dealkylation sites (tertiary alicyclic amines) is 1. The first kappa shape index (κ1) is 13.3. The molecule has 2 saturated carbocycles. The van der Waals surface area contributed by atoms with Gasteiger partial charge in [-0.25, -0.2) is 0 Å². The largest absolute Gasteiger partial charge is 0.360 e. The quantitative estimate of drug-likeness (QED) is 0.924. The van der Waals surface area contributed by atoms with E-state index in [1.807, 2.05) is 6.07 Å². The van der Waals surface area contributed by atoms with Crippen LogP contribution in [0.3, 0.4) is 0 Å². The lowest BCUT2D eigenvalue weighted by Crippen LogP contribution is -2.39. The molecule has 0 aromatic carbocycles. The number of hydrogen-bond acceptors (Lipinski definition) is 4. The molecule has 4 rings (SSSR count). The van der Waals surface area contributed by atoms with E-state index in [0.717, 1.165) is 44.2 Å². The predicted molar refractivity (Wildman–Crippen MR) is 78.2 cm³/mol. The molecule has 1 atom stereocenters. The fourth-order valence-corrected chi connectivity index (χ4v) is 3.72. The minimum Gasteiger partial charge on any atom is -0.360 e. The number of rotatable bonds is 4. The minimum absolute atomic E-state index is 0.0797. The van der Waals surface area contributed by atoms with Crippen LogP contribution in [-0.4, -0.2) is 41.1 Å². The van der Waals surface area contributed by atoms with Gasteiger partial charge in [-0.1, -0.05) is 18.0 Å². The zero-order valence-corrected chi connectivity index (χ0v) is 12.4. The second kappa shape index (κ2) is 5.44. The van der Waals surface area contributed by atoms with E-state index in [2.05, 4.69) is 15.4 Å². The highest BCUT2D eigenvalue weighted by atomic mass is 16.5. The molecule has 0 radical (unpaired) electrons. The Bertz CT molecular complexity index is 517. The normalized spacial score (nSPS) is 27.3. The zero-order valence-electron chi connectivity index (χ0n) is 12.4. The van der Waals surface area contributed by atoms with Gasteiger partial charge in [-0.3, -0.25) is 9.69 Å². The molecular weight excluding hydrogens is 266 g/mol. The van der Waals surface area contributed by atoms with E-state index < -0.39 is 0 Å². The van der Waals surface area contributed by atoms with Gasteiger partial charge in [-0.15, -0.1) is 0 Å². The summed E-state index contributed by atoms with van der Waals surface area (Å²) in [4.78, 5) is 14.8. The molecule has 3 aliphatic rings. The summed E-state index contributed by atoms with van der Waals surface area (Å²) in [7, 11) is 0. The Labute approximate surface area is 125 Å². The van der Waals surface area contributed by atoms with Crippen molar-refractivity contribution < 1.29 is 9.32 Å². The van der Waals surface area contributed by atoms with Crippen LogP contribution in [0.5, 0.6) is 0 Å². The number of aromatic nitrogens is 1. The van der Waals surface area contributed by atoms with Crippen molar-refractivity contribution in [2.75, 3.05) is 13.1 Å². The van der Waals surface area contributed by atoms with Gasteiger partial charge in [-0.05, 0) is 32.1 Å². The van der Waals surface area contributed by atoms with Crippen molar-refractivity contribution in [3.05, 3.63) is 17.5 Å². The summed E-state index contributed by atoms with van der Waals surface area (Å²) in [5, 5.41) is 7.03. The monoisotopic (exact) mass is 289 g/mol. The summed E-state index contributed by atoms with van der Waals surface area (Å²) in [6, 6.07) is 2.83. The van der Waals surface area contributed by atoms with Gasteiger partial charge in [0.1, 0.15) is 5.76 Å². The summed E-state index contributed by atoms with van der Waals surface area (Å²) in [5.74, 6) is 1.30. The van der Waals surface area contributed by atoms with Crippen LogP contribution in [0.2, 0.25) is 0 Å². The van der Waals surface area contributed by atoms with Crippen molar-refractivity contribution in [2.24, 2.45) is 0 Å². The molecule has 1 aromatic heterocycles. The number of nitrogens with one attached hydrogen (secondary N) is 1. The molecule has 114 valence electrons. The topological polar surface area (TPSA) is 58.4 Å². The summed E-state index contributed by atoms with van der Waals surface area (Å²) >= 11 is 0. The molecule has 2 aliphatic carbocycles. The van der Waals surface area contributed by atoms with E-state index in [4.69, 9.17) is 4.52 Å². The second-order valence-corrected chi connectivity index (χ2v) is 6.78. The molecule has 5 nitrogen and oxygen atoms in total. The van der Waals surface area contributed by atoms with E-state index >= 15 is 0 Å². The van der Waals surface area contributed by atoms with Crippen LogP contribution in [0.4, 0.5) is 0 Å². The van der Waals surface area contributed by atoms with Crippen molar-refractivity contribution in [1.29, 1.82) is 0 Å². The van der Waals surface area contributed by atoms with Crippen LogP contribution in [-0.2, 0) is 0 Å². The molecule has 21 heavy (non-hydrogen) atoms. The van der Waals surface area contributed by atoms with E-state index in [1.165, 1.54) is 25.7 Å². The Kier molecular flexibility index (Phi) is 3.45. The van der Waals surface area contributed by atoms with Gasteiger partial charge < -0.3 is 9.84 Å². The smallest absolute Gasteiger partial charge is 0.273 e. The van der Waals surface area contributed by atoms with Crippen LogP contribution in [0.25, 0.3) is 0 Å². The van der Waals surface area contributed by atoms with Crippen LogP contribution in [0.1, 0.15) is 67.1 Å². The highest BCUT2D eigenvalue weighted by Crippen LogP contribution is 2.40. The molecule has 1 aromatic rings. The van der Waals surface area contributed by atoms with Gasteiger partial charge in [-0.2, -0.15) is 0 Å². The molecule has 1 aliphatic heterocycles. The maximum atomic E-state index is 12.2. The third-order valence-electron chi connectivity index (χ3n) is 5.14. The summed E-state index contributed by atoms with van der Waals surface area (Å²) < 4.78 is 5.26. The Balaban J connectivity index is 1.31. The van der Waals surface area contributed by atoms with Gasteiger partial charge in [0.25, 0.3) is 5.91 Å². The standard InChI is InChI=1S/C16H23N3O2/c20-16(14-9-15(21-18-14)11-5-6-11)17-12-7-8-19(10-12)13-3-1-2-4-13/h9,11-13H,1-8,10H2,(H,17,20)/t12-/m0/s1. The van der Waals surface area contributed by atoms with Gasteiger partial charge >= 0.3 is 0 Å². The summed E-state index contributed by atoms with van der Waals surface area (Å²) in [6.07, 6.45) is 8.76. The molecule has 1 amide bonds. The lowest BCUT2D eigenvalue weighted by atomic mass is 10.2. The maximum absolute atomic E-state index is 12.2. The first-order valence-electron chi connectivity index (χ1n) is 8.31. The van der Waals surface area contributed by atoms with Crippen LogP contribution in [0, 0.1) is 0 Å². The number of amides is 1. The van der Waals surface area contributed by atoms with Crippen LogP contribution in [0.15, 0.2) is 10.6 Å². The van der Waals surface area contributed by atoms with Gasteiger partial charge in [0, 0.05) is 37.2 Å². The minimum atomic E-state index is -0.0797. The highest BCUT2D eigenvalue weighted by Gasteiger charge is 2.32. The van der Waals surface area contributed by atoms with Crippen molar-refractivity contribution in [2.45, 2.75) is 62.9 Å². The van der Waals surface area contributed by atoms with Crippen LogP contribution < -0.4 is 5.32 Å². The van der Waals surface area contributed by atoms with Gasteiger partial charge in [0.2, 0.25) is 0 Å². The first-order valence-corrected chi connectivity index (χ1v) is 8.31. The lowest BCUT2D eigenvalue weighted by Gasteiger charge is -2.23. The number of carbonyl (C=O) groups excluding carboxylic acids is 1. The summed E-state index contributed by atoms with van der Waals surface area (Å²) in [5.41, 5.74) is 0.441. The first-order chi connectivity index (χ1) is 10.3. The lowest BCUT2D eigenvalue weighted by molar-refractivity contribution is 0.0927. The number of carbonyl (C=O) groups is 1. The third kappa shape index (κ3) is 2.84. The van der Waals surface area contributed by atoms with E-state index in [1.54, 1.807) is 0 Å². The molecule has 5 heteroatoms. The SMILES string of the molecule is O=C(N[C@H]1CCN(C2CCCC2)C1)c1cc(C2CC2)on1. The molecule has 0 spiro atoms. The Morgan fingerprint density at radius 3 is 2.81 bits per heavy atom. The Morgan fingerprint density at radius 1 is 1.24 bits per heavy atom. The predicted octanol–water partition coefficient (Wildman–Crippen LogP) is 2.30. The van der Waals surface area contributed by atoms with E-state index in [-0.39, 0.29) is 11.9 Å². The zero-order chi connectivity index (χ0) is 14.2. The second-order valence-electron chi connectivity index (χ2n) is 6.78. The molecular formula is C16H23N3O2. The van der Waals surface area contributed by atoms with Crippen LogP contribution >= 0.6 is 0 Å². The van der Waals surface area contributed by atoms with Crippen molar-refractivity contribution >= 4 is 5.91 Å². The van der Waals surface area contributed by atoms with Crippen molar-refractivity contribution in [3.63, 3.8) is 0 Å². The maximum Gasteiger partial charge on any atom is 0.273 e. The van der Waals surface area contributed by atoms with Gasteiger partial charge in [0.05, 0.1) is 0 Å². The highest BCUT2D eigenvalue weighted by molar-refractivity contribution is 5.92. The number of hydrogen-bond donors (Lipinski definition) is 1. The average Bonchev–Trinajstić information content (AvgIpc) is 2.95. The molecule has 0 bridgehead atoms. The van der Waals surface area contributed by atoms with E-state index in [9.17, 15) is 4.79 Å². The Hall–Kier alpha value is -1.36. The van der Waals surface area contributed by atoms with Crippen molar-refractivity contribution in [1.82, 2.24) is 15.4 Å². The summed E-state index contributed by atoms with van der Waals surface area (Å²) in [6.45, 7) is 2.10. The number of nitrogens with zero attached hydrogens (tertiary/aromatic N) is 2. The van der Waals surface area contributed by atoms with Crippen molar-refractivity contribution in [3.8, 4) is 0 Å². The molecule has 2 heterocycles. The Morgan fingerprint density at radius 2 is 2.05 bits per heavy atom. The fraction of sp³-hybridized carbons (Fsp3) is 0.750. The molecule has 1 saturated heterocycles. The average molecular weight is 289 g/mol. The molecule has 1 N–H and O–H groups in total. The fourth-order valence-electron chi connectivity index (χ4n) is 3.72. The third-order valence-corrected chi connectivity index (χ3v) is 5.14. The van der Waals surface area contributed by atoms with Gasteiger partial charge in [0.15, 0.2) is 5.69 Å².